The number of nitrogens with one attached hydrogen (secondary N) is 1. The molecule has 0 aliphatic carbocycles. The van der Waals surface area contributed by atoms with Crippen molar-refractivity contribution >= 4 is 12.0 Å². The second-order valence-corrected chi connectivity index (χ2v) is 6.54. The predicted octanol–water partition coefficient (Wildman–Crippen LogP) is 6.02. The lowest BCUT2D eigenvalue weighted by atomic mass is 9.98. The third-order valence-corrected chi connectivity index (χ3v) is 4.48. The fraction of sp³-hybridized carbons (Fsp3) is 0.160. The number of rotatable bonds is 7. The second-order valence-electron chi connectivity index (χ2n) is 6.54. The van der Waals surface area contributed by atoms with Crippen molar-refractivity contribution < 1.29 is 4.79 Å². The van der Waals surface area contributed by atoms with E-state index in [0.717, 1.165) is 29.5 Å². The number of allylic oxidation sites excluding steroid dienone is 1. The van der Waals surface area contributed by atoms with Crippen LogP contribution < -0.4 is 5.32 Å². The molecule has 0 saturated heterocycles. The minimum atomic E-state index is -0.177. The quantitative estimate of drug-likeness (QED) is 0.552. The molecule has 2 heteroatoms. The smallest absolute Gasteiger partial charge is 0.252 e. The van der Waals surface area contributed by atoms with E-state index in [4.69, 9.17) is 0 Å². The molecule has 0 radical (unpaired) electrons. The number of hydrogen-bond donors (Lipinski definition) is 1. The maximum Gasteiger partial charge on any atom is 0.252 e. The van der Waals surface area contributed by atoms with Crippen molar-refractivity contribution in [2.75, 3.05) is 0 Å². The highest BCUT2D eigenvalue weighted by Crippen LogP contribution is 2.22. The molecule has 3 aromatic carbocycles. The third kappa shape index (κ3) is 5.18. The average Bonchev–Trinajstić information content (AvgIpc) is 2.74. The number of carbonyl (C=O) groups excluding carboxylic acids is 1. The first-order valence-electron chi connectivity index (χ1n) is 9.45. The molecule has 0 aromatic heterocycles. The second kappa shape index (κ2) is 9.54. The van der Waals surface area contributed by atoms with Crippen molar-refractivity contribution in [1.29, 1.82) is 0 Å². The molecule has 136 valence electrons. The number of carbonyl (C=O) groups is 1. The molecule has 0 heterocycles. The van der Waals surface area contributed by atoms with Crippen molar-refractivity contribution in [2.45, 2.75) is 25.8 Å². The molecule has 1 N–H and O–H groups in total. The summed E-state index contributed by atoms with van der Waals surface area (Å²) in [6.45, 7) is 2.16. The molecule has 3 aromatic rings. The van der Waals surface area contributed by atoms with Crippen LogP contribution >= 0.6 is 0 Å². The first-order valence-corrected chi connectivity index (χ1v) is 9.45. The molecular formula is C25H25NO. The molecule has 0 spiro atoms. The molecule has 0 fully saturated rings. The van der Waals surface area contributed by atoms with Crippen LogP contribution in [0.3, 0.4) is 0 Å². The van der Waals surface area contributed by atoms with Crippen molar-refractivity contribution in [1.82, 2.24) is 5.32 Å². The first-order chi connectivity index (χ1) is 13.3. The Morgan fingerprint density at radius 1 is 0.852 bits per heavy atom. The summed E-state index contributed by atoms with van der Waals surface area (Å²) in [5.74, 6) is -0.0724. The maximum absolute atomic E-state index is 12.8. The molecule has 2 nitrogen and oxygen atoms in total. The predicted molar refractivity (Wildman–Crippen MR) is 113 cm³/mol. The van der Waals surface area contributed by atoms with Crippen LogP contribution in [0.1, 0.15) is 52.9 Å². The molecule has 27 heavy (non-hydrogen) atoms. The summed E-state index contributed by atoms with van der Waals surface area (Å²) in [5.41, 5.74) is 3.91. The van der Waals surface area contributed by atoms with Gasteiger partial charge in [0.25, 0.3) is 5.91 Å². The van der Waals surface area contributed by atoms with Crippen LogP contribution in [0.5, 0.6) is 0 Å². The topological polar surface area (TPSA) is 29.1 Å². The van der Waals surface area contributed by atoms with E-state index in [1.807, 2.05) is 84.9 Å². The van der Waals surface area contributed by atoms with Gasteiger partial charge in [0.2, 0.25) is 0 Å². The van der Waals surface area contributed by atoms with Crippen LogP contribution in [-0.4, -0.2) is 5.91 Å². The van der Waals surface area contributed by atoms with Crippen LogP contribution in [-0.2, 0) is 0 Å². The van der Waals surface area contributed by atoms with Gasteiger partial charge in [-0.2, -0.15) is 0 Å². The lowest BCUT2D eigenvalue weighted by Crippen LogP contribution is -2.29. The van der Waals surface area contributed by atoms with Crippen LogP contribution in [0.25, 0.3) is 6.08 Å². The number of benzene rings is 3. The normalized spacial score (nSPS) is 11.0. The van der Waals surface area contributed by atoms with Gasteiger partial charge in [-0.05, 0) is 35.2 Å². The number of unbranched alkanes of at least 4 members (excludes halogenated alkanes) is 1. The fourth-order valence-electron chi connectivity index (χ4n) is 3.00. The summed E-state index contributed by atoms with van der Waals surface area (Å²) in [6.07, 6.45) is 6.47. The summed E-state index contributed by atoms with van der Waals surface area (Å²) < 4.78 is 0. The van der Waals surface area contributed by atoms with Crippen molar-refractivity contribution in [3.63, 3.8) is 0 Å². The Morgan fingerprint density at radius 3 is 1.93 bits per heavy atom. The van der Waals surface area contributed by atoms with E-state index >= 15 is 0 Å². The van der Waals surface area contributed by atoms with Crippen LogP contribution in [0.15, 0.2) is 91.0 Å². The SMILES string of the molecule is CCCC=Cc1ccc(C(=O)NC(c2ccccc2)c2ccccc2)cc1. The summed E-state index contributed by atoms with van der Waals surface area (Å²) in [6, 6.07) is 27.7. The molecule has 0 unspecified atom stereocenters. The largest absolute Gasteiger partial charge is 0.341 e. The minimum Gasteiger partial charge on any atom is -0.341 e. The molecule has 0 saturated carbocycles. The highest BCUT2D eigenvalue weighted by atomic mass is 16.1. The van der Waals surface area contributed by atoms with E-state index in [2.05, 4.69) is 24.4 Å². The van der Waals surface area contributed by atoms with Crippen LogP contribution in [0.2, 0.25) is 0 Å². The number of hydrogen-bond acceptors (Lipinski definition) is 1. The first kappa shape index (κ1) is 18.7. The highest BCUT2D eigenvalue weighted by Gasteiger charge is 2.17. The molecule has 3 rings (SSSR count). The zero-order valence-electron chi connectivity index (χ0n) is 15.6. The standard InChI is InChI=1S/C25H25NO/c1-2-3-6-11-20-16-18-23(19-17-20)25(27)26-24(21-12-7-4-8-13-21)22-14-9-5-10-15-22/h4-19,24H,2-3H2,1H3,(H,26,27). The Hall–Kier alpha value is -3.13. The van der Waals surface area contributed by atoms with Crippen molar-refractivity contribution in [3.8, 4) is 0 Å². The molecular weight excluding hydrogens is 330 g/mol. The minimum absolute atomic E-state index is 0.0724. The van der Waals surface area contributed by atoms with Gasteiger partial charge in [-0.25, -0.2) is 0 Å². The third-order valence-electron chi connectivity index (χ3n) is 4.48. The monoisotopic (exact) mass is 355 g/mol. The lowest BCUT2D eigenvalue weighted by Gasteiger charge is -2.20. The average molecular weight is 355 g/mol. The van der Waals surface area contributed by atoms with E-state index < -0.39 is 0 Å². The lowest BCUT2D eigenvalue weighted by molar-refractivity contribution is 0.0943. The Bertz CT molecular complexity index is 828. The van der Waals surface area contributed by atoms with E-state index in [-0.39, 0.29) is 11.9 Å². The van der Waals surface area contributed by atoms with Crippen LogP contribution in [0.4, 0.5) is 0 Å². The Labute approximate surface area is 161 Å². The van der Waals surface area contributed by atoms with E-state index in [0.29, 0.717) is 5.56 Å². The van der Waals surface area contributed by atoms with Gasteiger partial charge in [0.05, 0.1) is 6.04 Å². The number of amides is 1. The van der Waals surface area contributed by atoms with Gasteiger partial charge in [-0.15, -0.1) is 0 Å². The highest BCUT2D eigenvalue weighted by molar-refractivity contribution is 5.94. The summed E-state index contributed by atoms with van der Waals surface area (Å²) in [4.78, 5) is 12.8. The maximum atomic E-state index is 12.8. The van der Waals surface area contributed by atoms with Gasteiger partial charge in [0, 0.05) is 5.56 Å². The van der Waals surface area contributed by atoms with Crippen molar-refractivity contribution in [3.05, 3.63) is 113 Å². The van der Waals surface area contributed by atoms with Gasteiger partial charge in [-0.3, -0.25) is 4.79 Å². The molecule has 0 aliphatic heterocycles. The summed E-state index contributed by atoms with van der Waals surface area (Å²) in [7, 11) is 0. The summed E-state index contributed by atoms with van der Waals surface area (Å²) >= 11 is 0. The Balaban J connectivity index is 1.79. The fourth-order valence-corrected chi connectivity index (χ4v) is 3.00. The van der Waals surface area contributed by atoms with E-state index in [1.165, 1.54) is 0 Å². The molecule has 0 bridgehead atoms. The van der Waals surface area contributed by atoms with E-state index in [1.54, 1.807) is 0 Å². The molecule has 1 amide bonds. The van der Waals surface area contributed by atoms with Crippen molar-refractivity contribution in [2.24, 2.45) is 0 Å². The molecule has 0 atom stereocenters. The summed E-state index contributed by atoms with van der Waals surface area (Å²) in [5, 5.41) is 3.18. The Kier molecular flexibility index (Phi) is 6.59. The zero-order valence-corrected chi connectivity index (χ0v) is 15.6. The molecule has 0 aliphatic rings. The zero-order chi connectivity index (χ0) is 18.9. The Morgan fingerprint density at radius 2 is 1.41 bits per heavy atom. The van der Waals surface area contributed by atoms with Gasteiger partial charge >= 0.3 is 0 Å². The van der Waals surface area contributed by atoms with Gasteiger partial charge < -0.3 is 5.32 Å². The van der Waals surface area contributed by atoms with E-state index in [9.17, 15) is 4.79 Å². The van der Waals surface area contributed by atoms with Gasteiger partial charge in [0.15, 0.2) is 0 Å². The van der Waals surface area contributed by atoms with Crippen LogP contribution in [0, 0.1) is 0 Å². The van der Waals surface area contributed by atoms with Gasteiger partial charge in [0.1, 0.15) is 0 Å². The van der Waals surface area contributed by atoms with Gasteiger partial charge in [-0.1, -0.05) is 98.3 Å².